The van der Waals surface area contributed by atoms with Gasteiger partial charge < -0.3 is 0 Å². The predicted octanol–water partition coefficient (Wildman–Crippen LogP) is 3.70. The van der Waals surface area contributed by atoms with Crippen molar-refractivity contribution < 1.29 is 12.8 Å². The molecule has 2 rings (SSSR count). The van der Waals surface area contributed by atoms with Gasteiger partial charge in [-0.2, -0.15) is 0 Å². The molecule has 0 radical (unpaired) electrons. The molecule has 0 N–H and O–H groups in total. The molecule has 0 saturated carbocycles. The van der Waals surface area contributed by atoms with Gasteiger partial charge in [0.15, 0.2) is 0 Å². The highest BCUT2D eigenvalue weighted by Crippen LogP contribution is 2.21. The van der Waals surface area contributed by atoms with E-state index in [-0.39, 0.29) is 11.3 Å². The van der Waals surface area contributed by atoms with Crippen molar-refractivity contribution in [2.24, 2.45) is 0 Å². The molecule has 0 fully saturated rings. The Morgan fingerprint density at radius 2 is 1.60 bits per heavy atom. The van der Waals surface area contributed by atoms with Crippen LogP contribution in [0.2, 0.25) is 0 Å². The molecule has 0 saturated heterocycles. The zero-order valence-electron chi connectivity index (χ0n) is 11.3. The molecular formula is C16H17FO2S. The summed E-state index contributed by atoms with van der Waals surface area (Å²) in [5.41, 5.74) is 0.0170. The van der Waals surface area contributed by atoms with Crippen LogP contribution in [0.15, 0.2) is 59.5 Å². The third-order valence-electron chi connectivity index (χ3n) is 3.19. The van der Waals surface area contributed by atoms with Crippen LogP contribution in [0.5, 0.6) is 0 Å². The van der Waals surface area contributed by atoms with Crippen LogP contribution in [-0.2, 0) is 16.3 Å². The molecule has 20 heavy (non-hydrogen) atoms. The van der Waals surface area contributed by atoms with E-state index in [1.807, 2.05) is 37.3 Å². The van der Waals surface area contributed by atoms with Gasteiger partial charge in [0.1, 0.15) is 0 Å². The fourth-order valence-corrected chi connectivity index (χ4v) is 3.19. The molecule has 0 aliphatic rings. The summed E-state index contributed by atoms with van der Waals surface area (Å²) < 4.78 is 38.2. The maximum Gasteiger partial charge on any atom is 0.210 e. The number of alkyl halides is 1. The second kappa shape index (κ2) is 6.18. The van der Waals surface area contributed by atoms with Crippen LogP contribution in [0.4, 0.5) is 4.39 Å². The molecule has 0 heterocycles. The smallest absolute Gasteiger partial charge is 0.210 e. The van der Waals surface area contributed by atoms with Crippen LogP contribution in [0.3, 0.4) is 0 Å². The Hall–Kier alpha value is -1.68. The first-order valence-electron chi connectivity index (χ1n) is 6.49. The fourth-order valence-electron chi connectivity index (χ4n) is 1.96. The molecule has 0 bridgehead atoms. The lowest BCUT2D eigenvalue weighted by molar-refractivity contribution is 0.399. The first-order chi connectivity index (χ1) is 9.50. The summed E-state index contributed by atoms with van der Waals surface area (Å²) in [5, 5.41) is 0. The van der Waals surface area contributed by atoms with E-state index in [1.165, 1.54) is 12.1 Å². The van der Waals surface area contributed by atoms with E-state index < -0.39 is 15.3 Å². The van der Waals surface area contributed by atoms with Gasteiger partial charge in [-0.25, -0.2) is 12.8 Å². The van der Waals surface area contributed by atoms with Crippen molar-refractivity contribution in [1.82, 2.24) is 0 Å². The Kier molecular flexibility index (Phi) is 4.55. The monoisotopic (exact) mass is 292 g/mol. The maximum absolute atomic E-state index is 14.1. The standard InChI is InChI=1S/C16H17FO2S/c1-13-7-10-15(11-8-13)20(18,19)16(17)12-9-14-5-3-2-4-6-14/h2-8,10-11,16H,9,12H2,1H3. The molecule has 1 unspecified atom stereocenters. The average molecular weight is 292 g/mol. The number of rotatable bonds is 5. The van der Waals surface area contributed by atoms with Crippen LogP contribution >= 0.6 is 0 Å². The molecule has 2 aromatic carbocycles. The van der Waals surface area contributed by atoms with Crippen molar-refractivity contribution in [1.29, 1.82) is 0 Å². The summed E-state index contributed by atoms with van der Waals surface area (Å²) >= 11 is 0. The largest absolute Gasteiger partial charge is 0.230 e. The Bertz CT molecular complexity index is 649. The molecule has 1 atom stereocenters. The third kappa shape index (κ3) is 3.45. The second-order valence-electron chi connectivity index (χ2n) is 4.79. The molecule has 106 valence electrons. The fraction of sp³-hybridized carbons (Fsp3) is 0.250. The van der Waals surface area contributed by atoms with Crippen LogP contribution in [0.1, 0.15) is 17.5 Å². The van der Waals surface area contributed by atoms with Crippen molar-refractivity contribution in [3.05, 3.63) is 65.7 Å². The number of hydrogen-bond donors (Lipinski definition) is 0. The molecular weight excluding hydrogens is 275 g/mol. The maximum atomic E-state index is 14.1. The lowest BCUT2D eigenvalue weighted by Gasteiger charge is -2.10. The topological polar surface area (TPSA) is 34.1 Å². The van der Waals surface area contributed by atoms with Crippen LogP contribution < -0.4 is 0 Å². The van der Waals surface area contributed by atoms with Gasteiger partial charge in [0.25, 0.3) is 0 Å². The first-order valence-corrected chi connectivity index (χ1v) is 8.03. The zero-order chi connectivity index (χ0) is 14.6. The van der Waals surface area contributed by atoms with Crippen LogP contribution in [0.25, 0.3) is 0 Å². The molecule has 0 aromatic heterocycles. The van der Waals surface area contributed by atoms with E-state index in [2.05, 4.69) is 0 Å². The van der Waals surface area contributed by atoms with Gasteiger partial charge in [-0.15, -0.1) is 0 Å². The van der Waals surface area contributed by atoms with E-state index in [0.29, 0.717) is 6.42 Å². The minimum Gasteiger partial charge on any atom is -0.230 e. The minimum absolute atomic E-state index is 0.0276. The van der Waals surface area contributed by atoms with Crippen molar-refractivity contribution in [2.75, 3.05) is 0 Å². The Labute approximate surface area is 119 Å². The van der Waals surface area contributed by atoms with Gasteiger partial charge in [-0.1, -0.05) is 48.0 Å². The van der Waals surface area contributed by atoms with Gasteiger partial charge in [-0.05, 0) is 37.5 Å². The zero-order valence-corrected chi connectivity index (χ0v) is 12.1. The van der Waals surface area contributed by atoms with Gasteiger partial charge in [0.2, 0.25) is 15.3 Å². The number of aryl methyl sites for hydroxylation is 2. The Morgan fingerprint density at radius 3 is 2.20 bits per heavy atom. The van der Waals surface area contributed by atoms with E-state index in [9.17, 15) is 12.8 Å². The summed E-state index contributed by atoms with van der Waals surface area (Å²) in [6, 6.07) is 15.6. The number of benzene rings is 2. The summed E-state index contributed by atoms with van der Waals surface area (Å²) in [6.45, 7) is 1.86. The van der Waals surface area contributed by atoms with Crippen molar-refractivity contribution >= 4 is 9.84 Å². The molecule has 2 nitrogen and oxygen atoms in total. The second-order valence-corrected chi connectivity index (χ2v) is 6.87. The highest BCUT2D eigenvalue weighted by Gasteiger charge is 2.26. The lowest BCUT2D eigenvalue weighted by atomic mass is 10.1. The quantitative estimate of drug-likeness (QED) is 0.842. The van der Waals surface area contributed by atoms with Gasteiger partial charge in [-0.3, -0.25) is 0 Å². The summed E-state index contributed by atoms with van der Waals surface area (Å²) in [7, 11) is -3.89. The molecule has 4 heteroatoms. The highest BCUT2D eigenvalue weighted by molar-refractivity contribution is 7.91. The molecule has 0 aliphatic carbocycles. The SMILES string of the molecule is Cc1ccc(S(=O)(=O)C(F)CCc2ccccc2)cc1. The van der Waals surface area contributed by atoms with Crippen LogP contribution in [-0.4, -0.2) is 13.9 Å². The normalized spacial score (nSPS) is 13.1. The molecule has 0 spiro atoms. The van der Waals surface area contributed by atoms with Crippen molar-refractivity contribution in [3.63, 3.8) is 0 Å². The third-order valence-corrected chi connectivity index (χ3v) is 5.03. The first kappa shape index (κ1) is 14.7. The summed E-state index contributed by atoms with van der Waals surface area (Å²) in [6.07, 6.45) is 0.382. The highest BCUT2D eigenvalue weighted by atomic mass is 32.2. The molecule has 0 amide bonds. The van der Waals surface area contributed by atoms with Gasteiger partial charge in [0.05, 0.1) is 4.90 Å². The number of hydrogen-bond acceptors (Lipinski definition) is 2. The predicted molar refractivity (Wildman–Crippen MR) is 78.0 cm³/mol. The van der Waals surface area contributed by atoms with Crippen molar-refractivity contribution in [3.8, 4) is 0 Å². The van der Waals surface area contributed by atoms with Gasteiger partial charge in [0, 0.05) is 0 Å². The summed E-state index contributed by atoms with van der Waals surface area (Å²) in [5.74, 6) is 0. The van der Waals surface area contributed by atoms with E-state index in [4.69, 9.17) is 0 Å². The minimum atomic E-state index is -3.89. The van der Waals surface area contributed by atoms with E-state index in [1.54, 1.807) is 12.1 Å². The number of sulfone groups is 1. The Balaban J connectivity index is 2.08. The summed E-state index contributed by atoms with van der Waals surface area (Å²) in [4.78, 5) is 0.0451. The van der Waals surface area contributed by atoms with Gasteiger partial charge >= 0.3 is 0 Å². The van der Waals surface area contributed by atoms with E-state index in [0.717, 1.165) is 11.1 Å². The molecule has 2 aromatic rings. The van der Waals surface area contributed by atoms with Crippen molar-refractivity contribution in [2.45, 2.75) is 30.2 Å². The molecule has 0 aliphatic heterocycles. The van der Waals surface area contributed by atoms with Crippen LogP contribution in [0, 0.1) is 6.92 Å². The van der Waals surface area contributed by atoms with E-state index >= 15 is 0 Å². The Morgan fingerprint density at radius 1 is 1.00 bits per heavy atom. The average Bonchev–Trinajstić information content (AvgIpc) is 2.46. The number of halogens is 1. The lowest BCUT2D eigenvalue weighted by Crippen LogP contribution is -2.17.